The van der Waals surface area contributed by atoms with Crippen molar-refractivity contribution in [2.24, 2.45) is 0 Å². The number of nitrogens with zero attached hydrogens (tertiary/aromatic N) is 2. The first kappa shape index (κ1) is 24.8. The van der Waals surface area contributed by atoms with E-state index in [4.69, 9.17) is 9.72 Å². The van der Waals surface area contributed by atoms with Crippen LogP contribution in [0.3, 0.4) is 0 Å². The van der Waals surface area contributed by atoms with E-state index in [0.717, 1.165) is 68.7 Å². The zero-order chi connectivity index (χ0) is 23.5. The van der Waals surface area contributed by atoms with Crippen LogP contribution in [0.2, 0.25) is 0 Å². The van der Waals surface area contributed by atoms with Crippen molar-refractivity contribution in [1.82, 2.24) is 14.9 Å². The Morgan fingerprint density at radius 1 is 1.03 bits per heavy atom. The number of hydrogen-bond donors (Lipinski definition) is 1. The highest BCUT2D eigenvalue weighted by molar-refractivity contribution is 5.76. The number of hydrogen-bond acceptors (Lipinski definition) is 3. The van der Waals surface area contributed by atoms with Gasteiger partial charge in [-0.05, 0) is 61.4 Å². The fraction of sp³-hybridized carbons (Fsp3) is 0.500. The van der Waals surface area contributed by atoms with E-state index in [2.05, 4.69) is 66.2 Å². The van der Waals surface area contributed by atoms with Crippen LogP contribution < -0.4 is 10.1 Å². The molecule has 0 aliphatic carbocycles. The lowest BCUT2D eigenvalue weighted by atomic mass is 9.99. The zero-order valence-electron chi connectivity index (χ0n) is 20.5. The highest BCUT2D eigenvalue weighted by Gasteiger charge is 2.10. The van der Waals surface area contributed by atoms with Gasteiger partial charge in [0.2, 0.25) is 5.91 Å². The van der Waals surface area contributed by atoms with Crippen LogP contribution in [-0.2, 0) is 17.8 Å². The smallest absolute Gasteiger partial charge is 0.219 e. The molecule has 3 aromatic rings. The Balaban J connectivity index is 1.50. The molecule has 0 fully saturated rings. The van der Waals surface area contributed by atoms with Crippen LogP contribution in [0.4, 0.5) is 0 Å². The Labute approximate surface area is 198 Å². The number of ether oxygens (including phenoxy) is 1. The van der Waals surface area contributed by atoms with Crippen molar-refractivity contribution in [3.05, 3.63) is 59.9 Å². The average molecular weight is 450 g/mol. The molecule has 1 heterocycles. The highest BCUT2D eigenvalue weighted by atomic mass is 16.5. The van der Waals surface area contributed by atoms with Gasteiger partial charge in [0.05, 0.1) is 17.6 Å². The largest absolute Gasteiger partial charge is 0.494 e. The topological polar surface area (TPSA) is 56.2 Å². The third-order valence-corrected chi connectivity index (χ3v) is 6.31. The molecule has 0 saturated carbocycles. The fourth-order valence-electron chi connectivity index (χ4n) is 4.04. The molecule has 0 radical (unpaired) electrons. The first-order chi connectivity index (χ1) is 16.1. The lowest BCUT2D eigenvalue weighted by molar-refractivity contribution is -0.120. The molecule has 0 spiro atoms. The monoisotopic (exact) mass is 449 g/mol. The number of carbonyl (C=O) groups is 1. The van der Waals surface area contributed by atoms with Crippen molar-refractivity contribution >= 4 is 16.9 Å². The number of carbonyl (C=O) groups excluding carboxylic acids is 1. The lowest BCUT2D eigenvalue weighted by Gasteiger charge is -2.12. The zero-order valence-corrected chi connectivity index (χ0v) is 20.5. The first-order valence-corrected chi connectivity index (χ1v) is 12.6. The number of para-hydroxylation sites is 2. The lowest BCUT2D eigenvalue weighted by Crippen LogP contribution is -2.23. The second-order valence-corrected chi connectivity index (χ2v) is 8.76. The summed E-state index contributed by atoms with van der Waals surface area (Å²) in [6.45, 7) is 8.70. The predicted octanol–water partition coefficient (Wildman–Crippen LogP) is 6.26. The minimum Gasteiger partial charge on any atom is -0.494 e. The molecule has 5 heteroatoms. The molecule has 33 heavy (non-hydrogen) atoms. The third kappa shape index (κ3) is 7.34. The molecule has 2 aromatic carbocycles. The van der Waals surface area contributed by atoms with Gasteiger partial charge in [0.1, 0.15) is 11.6 Å². The molecule has 0 aliphatic rings. The van der Waals surface area contributed by atoms with E-state index in [1.54, 1.807) is 0 Å². The number of unbranched alkanes of at least 4 members (excludes halogenated alkanes) is 2. The van der Waals surface area contributed by atoms with Gasteiger partial charge in [-0.2, -0.15) is 0 Å². The second kappa shape index (κ2) is 13.0. The molecule has 5 nitrogen and oxygen atoms in total. The maximum atomic E-state index is 11.3. The summed E-state index contributed by atoms with van der Waals surface area (Å²) in [7, 11) is 0. The van der Waals surface area contributed by atoms with Crippen molar-refractivity contribution in [3.63, 3.8) is 0 Å². The van der Waals surface area contributed by atoms with Gasteiger partial charge in [0, 0.05) is 25.9 Å². The number of aryl methyl sites for hydroxylation is 2. The van der Waals surface area contributed by atoms with Gasteiger partial charge in [0.15, 0.2) is 0 Å². The highest BCUT2D eigenvalue weighted by Crippen LogP contribution is 2.22. The first-order valence-electron chi connectivity index (χ1n) is 12.6. The summed E-state index contributed by atoms with van der Waals surface area (Å²) in [6, 6.07) is 16.9. The molecule has 178 valence electrons. The maximum absolute atomic E-state index is 11.3. The molecule has 1 atom stereocenters. The van der Waals surface area contributed by atoms with Gasteiger partial charge in [-0.1, -0.05) is 51.5 Å². The average Bonchev–Trinajstić information content (AvgIpc) is 3.20. The van der Waals surface area contributed by atoms with Crippen LogP contribution in [0, 0.1) is 0 Å². The number of amides is 1. The Morgan fingerprint density at radius 2 is 1.82 bits per heavy atom. The molecular weight excluding hydrogens is 410 g/mol. The van der Waals surface area contributed by atoms with Gasteiger partial charge in [-0.3, -0.25) is 4.79 Å². The maximum Gasteiger partial charge on any atom is 0.219 e. The van der Waals surface area contributed by atoms with E-state index < -0.39 is 0 Å². The van der Waals surface area contributed by atoms with E-state index >= 15 is 0 Å². The van der Waals surface area contributed by atoms with E-state index in [1.165, 1.54) is 11.1 Å². The van der Waals surface area contributed by atoms with Crippen LogP contribution in [0.25, 0.3) is 11.0 Å². The van der Waals surface area contributed by atoms with Crippen LogP contribution in [0.5, 0.6) is 5.75 Å². The molecule has 1 N–H and O–H groups in total. The molecule has 0 saturated heterocycles. The molecule has 3 rings (SSSR count). The quantitative estimate of drug-likeness (QED) is 0.296. The number of nitrogens with one attached hydrogen (secondary N) is 1. The van der Waals surface area contributed by atoms with Crippen molar-refractivity contribution < 1.29 is 9.53 Å². The molecule has 0 aliphatic heterocycles. The summed E-state index contributed by atoms with van der Waals surface area (Å²) in [6.07, 6.45) is 6.76. The van der Waals surface area contributed by atoms with Crippen molar-refractivity contribution in [3.8, 4) is 5.75 Å². The summed E-state index contributed by atoms with van der Waals surface area (Å²) in [4.78, 5) is 16.2. The summed E-state index contributed by atoms with van der Waals surface area (Å²) in [5.41, 5.74) is 3.62. The third-order valence-electron chi connectivity index (χ3n) is 6.31. The van der Waals surface area contributed by atoms with Gasteiger partial charge >= 0.3 is 0 Å². The second-order valence-electron chi connectivity index (χ2n) is 8.76. The molecule has 1 unspecified atom stereocenters. The number of rotatable bonds is 14. The number of aromatic nitrogens is 2. The molecule has 1 aromatic heterocycles. The Bertz CT molecular complexity index is 994. The normalized spacial score (nSPS) is 12.1. The van der Waals surface area contributed by atoms with Crippen LogP contribution >= 0.6 is 0 Å². The van der Waals surface area contributed by atoms with E-state index in [-0.39, 0.29) is 5.91 Å². The minimum atomic E-state index is 0.130. The molecule has 1 amide bonds. The predicted molar refractivity (Wildman–Crippen MR) is 136 cm³/mol. The van der Waals surface area contributed by atoms with Gasteiger partial charge < -0.3 is 14.6 Å². The van der Waals surface area contributed by atoms with Crippen LogP contribution in [0.15, 0.2) is 48.5 Å². The van der Waals surface area contributed by atoms with Crippen LogP contribution in [0.1, 0.15) is 76.6 Å². The van der Waals surface area contributed by atoms with Crippen molar-refractivity contribution in [2.75, 3.05) is 13.2 Å². The van der Waals surface area contributed by atoms with Crippen molar-refractivity contribution in [2.45, 2.75) is 78.2 Å². The van der Waals surface area contributed by atoms with Crippen LogP contribution in [-0.4, -0.2) is 28.6 Å². The van der Waals surface area contributed by atoms with Gasteiger partial charge in [-0.15, -0.1) is 0 Å². The molecular formula is C28H39N3O2. The fourth-order valence-corrected chi connectivity index (χ4v) is 4.04. The van der Waals surface area contributed by atoms with Gasteiger partial charge in [0.25, 0.3) is 0 Å². The standard InChI is InChI=1S/C28H39N3O2/c1-4-22(3)23-15-17-24(18-16-23)33-21-11-20-31-26-13-9-8-12-25(26)30-27(31)14-7-6-10-19-29-28(32)5-2/h8-9,12-13,15-18,22H,4-7,10-11,14,19-21H2,1-3H3,(H,29,32). The van der Waals surface area contributed by atoms with Gasteiger partial charge in [-0.25, -0.2) is 4.98 Å². The summed E-state index contributed by atoms with van der Waals surface area (Å²) < 4.78 is 8.36. The number of imidazole rings is 1. The Hall–Kier alpha value is -2.82. The number of benzene rings is 2. The van der Waals surface area contributed by atoms with E-state index in [1.807, 2.05) is 13.0 Å². The van der Waals surface area contributed by atoms with E-state index in [9.17, 15) is 4.79 Å². The number of fused-ring (bicyclic) bond motifs is 1. The summed E-state index contributed by atoms with van der Waals surface area (Å²) in [5.74, 6) is 2.80. The Morgan fingerprint density at radius 3 is 2.58 bits per heavy atom. The SMILES string of the molecule is CCC(=O)NCCCCCc1nc2ccccc2n1CCCOc1ccc(C(C)CC)cc1. The Kier molecular flexibility index (Phi) is 9.79. The van der Waals surface area contributed by atoms with E-state index in [0.29, 0.717) is 18.9 Å². The summed E-state index contributed by atoms with van der Waals surface area (Å²) in [5, 5.41) is 2.95. The molecule has 0 bridgehead atoms. The van der Waals surface area contributed by atoms with Crippen molar-refractivity contribution in [1.29, 1.82) is 0 Å². The minimum absolute atomic E-state index is 0.130. The summed E-state index contributed by atoms with van der Waals surface area (Å²) >= 11 is 0.